The van der Waals surface area contributed by atoms with Gasteiger partial charge in [0.2, 0.25) is 0 Å². The van der Waals surface area contributed by atoms with Crippen LogP contribution in [0.4, 0.5) is 0 Å². The number of benzene rings is 3. The number of aromatic nitrogens is 1. The molecule has 0 radical (unpaired) electrons. The minimum atomic E-state index is 0.523. The van der Waals surface area contributed by atoms with Gasteiger partial charge in [0, 0.05) is 16.8 Å². The summed E-state index contributed by atoms with van der Waals surface area (Å²) in [5.74, 6) is 2.35. The quantitative estimate of drug-likeness (QED) is 0.538. The topological polar surface area (TPSA) is 43.5 Å². The molecule has 0 unspecified atom stereocenters. The van der Waals surface area contributed by atoms with Crippen molar-refractivity contribution >= 4 is 21.8 Å². The Balaban J connectivity index is 1.85. The van der Waals surface area contributed by atoms with Gasteiger partial charge in [-0.15, -0.1) is 0 Å². The van der Waals surface area contributed by atoms with Gasteiger partial charge >= 0.3 is 0 Å². The van der Waals surface area contributed by atoms with E-state index in [1.54, 1.807) is 14.2 Å². The molecular formula is C22H21NO3. The lowest BCUT2D eigenvalue weighted by Gasteiger charge is -2.09. The van der Waals surface area contributed by atoms with Gasteiger partial charge in [-0.25, -0.2) is 0 Å². The van der Waals surface area contributed by atoms with Gasteiger partial charge in [-0.1, -0.05) is 30.3 Å². The van der Waals surface area contributed by atoms with Crippen molar-refractivity contribution in [3.05, 3.63) is 65.7 Å². The highest BCUT2D eigenvalue weighted by Crippen LogP contribution is 2.39. The highest BCUT2D eigenvalue weighted by Gasteiger charge is 2.15. The number of hydrogen-bond acceptors (Lipinski definition) is 3. The molecule has 0 atom stereocenters. The minimum Gasteiger partial charge on any atom is -0.497 e. The van der Waals surface area contributed by atoms with Crippen LogP contribution in [0.15, 0.2) is 54.6 Å². The minimum absolute atomic E-state index is 0.523. The van der Waals surface area contributed by atoms with Gasteiger partial charge in [-0.2, -0.15) is 0 Å². The summed E-state index contributed by atoms with van der Waals surface area (Å²) in [5.41, 5.74) is 4.19. The molecule has 4 rings (SSSR count). The molecule has 3 aromatic carbocycles. The third kappa shape index (κ3) is 2.84. The van der Waals surface area contributed by atoms with Crippen molar-refractivity contribution in [2.24, 2.45) is 0 Å². The number of aryl methyl sites for hydroxylation is 1. The van der Waals surface area contributed by atoms with Gasteiger partial charge in [0.1, 0.15) is 23.9 Å². The third-order valence-electron chi connectivity index (χ3n) is 4.56. The molecule has 0 saturated carbocycles. The van der Waals surface area contributed by atoms with Crippen LogP contribution in [0.5, 0.6) is 17.2 Å². The summed E-state index contributed by atoms with van der Waals surface area (Å²) < 4.78 is 17.1. The molecule has 0 bridgehead atoms. The van der Waals surface area contributed by atoms with E-state index in [0.717, 1.165) is 50.2 Å². The summed E-state index contributed by atoms with van der Waals surface area (Å²) in [6.45, 7) is 2.60. The standard InChI is InChI=1S/C22H21NO3/c1-14-9-17-18-11-16(24-2)12-19(25-3)21(18)23-22(17)20(10-14)26-13-15-7-5-4-6-8-15/h4-12,23H,13H2,1-3H3. The van der Waals surface area contributed by atoms with E-state index in [0.29, 0.717) is 6.61 Å². The zero-order valence-electron chi connectivity index (χ0n) is 15.1. The lowest BCUT2D eigenvalue weighted by atomic mass is 10.1. The van der Waals surface area contributed by atoms with Gasteiger partial charge in [-0.3, -0.25) is 0 Å². The fourth-order valence-electron chi connectivity index (χ4n) is 3.28. The van der Waals surface area contributed by atoms with E-state index in [-0.39, 0.29) is 0 Å². The number of ether oxygens (including phenoxy) is 3. The molecule has 0 aliphatic rings. The highest BCUT2D eigenvalue weighted by atomic mass is 16.5. The maximum Gasteiger partial charge on any atom is 0.146 e. The summed E-state index contributed by atoms with van der Waals surface area (Å²) in [6, 6.07) is 18.3. The molecule has 1 aromatic heterocycles. The predicted octanol–water partition coefficient (Wildman–Crippen LogP) is 5.23. The third-order valence-corrected chi connectivity index (χ3v) is 4.56. The normalized spacial score (nSPS) is 11.0. The molecule has 4 nitrogen and oxygen atoms in total. The zero-order valence-corrected chi connectivity index (χ0v) is 15.1. The molecule has 0 aliphatic heterocycles. The largest absolute Gasteiger partial charge is 0.497 e. The maximum absolute atomic E-state index is 6.14. The number of H-pyrrole nitrogens is 1. The van der Waals surface area contributed by atoms with Crippen molar-refractivity contribution in [2.45, 2.75) is 13.5 Å². The number of fused-ring (bicyclic) bond motifs is 3. The Morgan fingerprint density at radius 2 is 1.54 bits per heavy atom. The lowest BCUT2D eigenvalue weighted by molar-refractivity contribution is 0.309. The average Bonchev–Trinajstić information content (AvgIpc) is 3.04. The first-order valence-corrected chi connectivity index (χ1v) is 8.54. The summed E-state index contributed by atoms with van der Waals surface area (Å²) >= 11 is 0. The summed E-state index contributed by atoms with van der Waals surface area (Å²) in [4.78, 5) is 3.48. The van der Waals surface area contributed by atoms with Crippen molar-refractivity contribution in [3.8, 4) is 17.2 Å². The van der Waals surface area contributed by atoms with Gasteiger partial charge < -0.3 is 19.2 Å². The fourth-order valence-corrected chi connectivity index (χ4v) is 3.28. The molecule has 4 heteroatoms. The molecule has 1 heterocycles. The van der Waals surface area contributed by atoms with Crippen molar-refractivity contribution in [1.82, 2.24) is 4.98 Å². The fraction of sp³-hybridized carbons (Fsp3) is 0.182. The molecule has 1 N–H and O–H groups in total. The number of aromatic amines is 1. The Bertz CT molecular complexity index is 1070. The van der Waals surface area contributed by atoms with Crippen LogP contribution in [0.3, 0.4) is 0 Å². The summed E-state index contributed by atoms with van der Waals surface area (Å²) in [7, 11) is 3.33. The van der Waals surface area contributed by atoms with E-state index >= 15 is 0 Å². The van der Waals surface area contributed by atoms with Crippen LogP contribution in [0.2, 0.25) is 0 Å². The second-order valence-corrected chi connectivity index (χ2v) is 6.34. The molecule has 0 saturated heterocycles. The van der Waals surface area contributed by atoms with E-state index in [9.17, 15) is 0 Å². The van der Waals surface area contributed by atoms with E-state index in [2.05, 4.69) is 36.2 Å². The van der Waals surface area contributed by atoms with Crippen molar-refractivity contribution in [1.29, 1.82) is 0 Å². The number of methoxy groups -OCH3 is 2. The van der Waals surface area contributed by atoms with Crippen LogP contribution in [-0.4, -0.2) is 19.2 Å². The van der Waals surface area contributed by atoms with Crippen molar-refractivity contribution in [3.63, 3.8) is 0 Å². The van der Waals surface area contributed by atoms with Gasteiger partial charge in [-0.05, 0) is 36.2 Å². The maximum atomic E-state index is 6.14. The Hall–Kier alpha value is -3.14. The second-order valence-electron chi connectivity index (χ2n) is 6.34. The lowest BCUT2D eigenvalue weighted by Crippen LogP contribution is -1.96. The van der Waals surface area contributed by atoms with Crippen LogP contribution in [0.25, 0.3) is 21.8 Å². The van der Waals surface area contributed by atoms with E-state index in [1.807, 2.05) is 30.3 Å². The monoisotopic (exact) mass is 347 g/mol. The first kappa shape index (κ1) is 16.3. The van der Waals surface area contributed by atoms with Gasteiger partial charge in [0.05, 0.1) is 25.3 Å². The molecule has 4 aromatic rings. The van der Waals surface area contributed by atoms with Crippen LogP contribution >= 0.6 is 0 Å². The van der Waals surface area contributed by atoms with Crippen molar-refractivity contribution in [2.75, 3.05) is 14.2 Å². The van der Waals surface area contributed by atoms with E-state index in [4.69, 9.17) is 14.2 Å². The van der Waals surface area contributed by atoms with Gasteiger partial charge in [0.25, 0.3) is 0 Å². The number of hydrogen-bond donors (Lipinski definition) is 1. The Kier molecular flexibility index (Phi) is 4.17. The first-order valence-electron chi connectivity index (χ1n) is 8.54. The van der Waals surface area contributed by atoms with E-state index < -0.39 is 0 Å². The smallest absolute Gasteiger partial charge is 0.146 e. The molecule has 132 valence electrons. The van der Waals surface area contributed by atoms with Crippen LogP contribution in [0.1, 0.15) is 11.1 Å². The molecule has 0 amide bonds. The van der Waals surface area contributed by atoms with E-state index in [1.165, 1.54) is 0 Å². The molecule has 26 heavy (non-hydrogen) atoms. The Morgan fingerprint density at radius 1 is 0.808 bits per heavy atom. The summed E-state index contributed by atoms with van der Waals surface area (Å²) in [6.07, 6.45) is 0. The number of nitrogens with one attached hydrogen (secondary N) is 1. The molecule has 0 spiro atoms. The predicted molar refractivity (Wildman–Crippen MR) is 104 cm³/mol. The van der Waals surface area contributed by atoms with Gasteiger partial charge in [0.15, 0.2) is 0 Å². The van der Waals surface area contributed by atoms with Crippen LogP contribution in [-0.2, 0) is 6.61 Å². The Labute approximate surface area is 152 Å². The van der Waals surface area contributed by atoms with Crippen LogP contribution in [0, 0.1) is 6.92 Å². The molecule has 0 aliphatic carbocycles. The SMILES string of the molecule is COc1cc(OC)c2[nH]c3c(OCc4ccccc4)cc(C)cc3c2c1. The highest BCUT2D eigenvalue weighted by molar-refractivity contribution is 6.11. The Morgan fingerprint density at radius 3 is 2.27 bits per heavy atom. The first-order chi connectivity index (χ1) is 12.7. The second kappa shape index (κ2) is 6.64. The van der Waals surface area contributed by atoms with Crippen LogP contribution < -0.4 is 14.2 Å². The average molecular weight is 347 g/mol. The molecular weight excluding hydrogens is 326 g/mol. The van der Waals surface area contributed by atoms with Crippen molar-refractivity contribution < 1.29 is 14.2 Å². The summed E-state index contributed by atoms with van der Waals surface area (Å²) in [5, 5.41) is 2.16. The zero-order chi connectivity index (χ0) is 18.1. The molecule has 0 fully saturated rings. The number of rotatable bonds is 5.